The first kappa shape index (κ1) is 23.3. The summed E-state index contributed by atoms with van der Waals surface area (Å²) in [4.78, 5) is 32.9. The van der Waals surface area contributed by atoms with Gasteiger partial charge >= 0.3 is 5.97 Å². The summed E-state index contributed by atoms with van der Waals surface area (Å²) < 4.78 is 6.89. The van der Waals surface area contributed by atoms with Crippen LogP contribution in [0.2, 0.25) is 5.02 Å². The lowest BCUT2D eigenvalue weighted by Gasteiger charge is -2.18. The molecule has 5 nitrogen and oxygen atoms in total. The van der Waals surface area contributed by atoms with E-state index >= 15 is 0 Å². The molecular weight excluding hydrogens is 464 g/mol. The van der Waals surface area contributed by atoms with E-state index in [4.69, 9.17) is 21.3 Å². The maximum atomic E-state index is 13.8. The first-order valence-corrected chi connectivity index (χ1v) is 13.2. The van der Waals surface area contributed by atoms with E-state index < -0.39 is 0 Å². The van der Waals surface area contributed by atoms with Crippen molar-refractivity contribution in [3.05, 3.63) is 49.6 Å². The Morgan fingerprint density at radius 1 is 1.41 bits per heavy atom. The Hall–Kier alpha value is -1.83. The molecule has 170 valence electrons. The number of rotatable bonds is 7. The number of unbranched alkanes of at least 4 members (excludes halogenated alkanes) is 1. The molecule has 0 bridgehead atoms. The minimum Gasteiger partial charge on any atom is -0.465 e. The van der Waals surface area contributed by atoms with Crippen LogP contribution in [-0.4, -0.2) is 27.9 Å². The Kier molecular flexibility index (Phi) is 7.27. The lowest BCUT2D eigenvalue weighted by atomic mass is 9.89. The third kappa shape index (κ3) is 4.75. The van der Waals surface area contributed by atoms with Crippen molar-refractivity contribution in [2.24, 2.45) is 5.92 Å². The zero-order valence-corrected chi connectivity index (χ0v) is 21.0. The van der Waals surface area contributed by atoms with Crippen LogP contribution in [0.25, 0.3) is 15.9 Å². The van der Waals surface area contributed by atoms with E-state index in [-0.39, 0.29) is 17.3 Å². The first-order valence-electron chi connectivity index (χ1n) is 11.0. The van der Waals surface area contributed by atoms with Gasteiger partial charge in [-0.1, -0.05) is 49.7 Å². The number of halogens is 1. The molecule has 1 aliphatic carbocycles. The molecule has 0 amide bonds. The Balaban J connectivity index is 1.79. The van der Waals surface area contributed by atoms with Crippen LogP contribution in [0.4, 0.5) is 0 Å². The van der Waals surface area contributed by atoms with Gasteiger partial charge in [0.2, 0.25) is 0 Å². The number of thioether (sulfide) groups is 1. The van der Waals surface area contributed by atoms with Crippen LogP contribution < -0.4 is 5.56 Å². The lowest BCUT2D eigenvalue weighted by molar-refractivity contribution is -0.140. The number of thiophene rings is 1. The fourth-order valence-electron chi connectivity index (χ4n) is 3.91. The molecule has 2 heterocycles. The van der Waals surface area contributed by atoms with Crippen molar-refractivity contribution < 1.29 is 9.53 Å². The maximum absolute atomic E-state index is 13.8. The quantitative estimate of drug-likeness (QED) is 0.177. The minimum atomic E-state index is -0.300. The van der Waals surface area contributed by atoms with E-state index in [9.17, 15) is 9.59 Å². The van der Waals surface area contributed by atoms with Crippen LogP contribution in [0.1, 0.15) is 49.1 Å². The number of carbonyl (C=O) groups is 1. The number of benzene rings is 1. The number of hydrogen-bond acceptors (Lipinski definition) is 6. The SMILES string of the molecule is CCCCOC(=O)CSc1nc2sc3c(c2c(=O)n1-c1ccc(C)c(Cl)c1)CCC(C)C3. The largest absolute Gasteiger partial charge is 0.465 e. The standard InChI is InChI=1S/C24H27ClN2O3S2/c1-4-5-10-30-20(28)13-31-24-26-22-21(17-9-6-14(2)11-19(17)32-22)23(29)27(24)16-8-7-15(3)18(25)12-16/h7-8,12,14H,4-6,9-11,13H2,1-3H3. The summed E-state index contributed by atoms with van der Waals surface area (Å²) in [5.74, 6) is 0.412. The van der Waals surface area contributed by atoms with Gasteiger partial charge in [0.1, 0.15) is 4.83 Å². The Morgan fingerprint density at radius 2 is 2.22 bits per heavy atom. The number of carbonyl (C=O) groups excluding carboxylic acids is 1. The number of aromatic nitrogens is 2. The highest BCUT2D eigenvalue weighted by Gasteiger charge is 2.25. The summed E-state index contributed by atoms with van der Waals surface area (Å²) in [6, 6.07) is 5.56. The lowest BCUT2D eigenvalue weighted by Crippen LogP contribution is -2.23. The van der Waals surface area contributed by atoms with Crippen molar-refractivity contribution in [1.82, 2.24) is 9.55 Å². The minimum absolute atomic E-state index is 0.0937. The van der Waals surface area contributed by atoms with Crippen LogP contribution in [0.15, 0.2) is 28.2 Å². The average molecular weight is 491 g/mol. The van der Waals surface area contributed by atoms with Crippen LogP contribution in [0.3, 0.4) is 0 Å². The second kappa shape index (κ2) is 9.98. The third-order valence-corrected chi connectivity index (χ3v) is 8.26. The molecule has 0 N–H and O–H groups in total. The molecule has 0 aliphatic heterocycles. The van der Waals surface area contributed by atoms with Gasteiger partial charge in [-0.15, -0.1) is 11.3 Å². The summed E-state index contributed by atoms with van der Waals surface area (Å²) in [7, 11) is 0. The van der Waals surface area contributed by atoms with E-state index in [0.717, 1.165) is 48.1 Å². The van der Waals surface area contributed by atoms with Gasteiger partial charge in [-0.2, -0.15) is 0 Å². The molecule has 3 aromatic rings. The van der Waals surface area contributed by atoms with Crippen molar-refractivity contribution in [1.29, 1.82) is 0 Å². The predicted molar refractivity (Wildman–Crippen MR) is 133 cm³/mol. The van der Waals surface area contributed by atoms with Gasteiger partial charge < -0.3 is 4.74 Å². The van der Waals surface area contributed by atoms with Crippen molar-refractivity contribution in [2.75, 3.05) is 12.4 Å². The number of fused-ring (bicyclic) bond motifs is 3. The number of hydrogen-bond donors (Lipinski definition) is 0. The van der Waals surface area contributed by atoms with Gasteiger partial charge in [0.05, 0.1) is 23.4 Å². The summed E-state index contributed by atoms with van der Waals surface area (Å²) >= 11 is 9.23. The average Bonchev–Trinajstić information content (AvgIpc) is 3.12. The smallest absolute Gasteiger partial charge is 0.316 e. The van der Waals surface area contributed by atoms with Crippen molar-refractivity contribution in [3.63, 3.8) is 0 Å². The molecule has 0 fully saturated rings. The number of ether oxygens (including phenoxy) is 1. The fourth-order valence-corrected chi connectivity index (χ4v) is 6.32. The molecule has 1 unspecified atom stereocenters. The molecule has 32 heavy (non-hydrogen) atoms. The van der Waals surface area contributed by atoms with Crippen molar-refractivity contribution in [2.45, 2.75) is 58.0 Å². The predicted octanol–water partition coefficient (Wildman–Crippen LogP) is 5.97. The van der Waals surface area contributed by atoms with Gasteiger partial charge in [-0.25, -0.2) is 4.98 Å². The monoisotopic (exact) mass is 490 g/mol. The number of nitrogens with zero attached hydrogens (tertiary/aromatic N) is 2. The van der Waals surface area contributed by atoms with Crippen LogP contribution in [0, 0.1) is 12.8 Å². The van der Waals surface area contributed by atoms with Gasteiger partial charge in [-0.05, 0) is 61.8 Å². The van der Waals surface area contributed by atoms with E-state index in [1.165, 1.54) is 16.6 Å². The number of esters is 1. The van der Waals surface area contributed by atoms with Crippen LogP contribution in [0.5, 0.6) is 0 Å². The topological polar surface area (TPSA) is 61.2 Å². The molecule has 4 rings (SSSR count). The van der Waals surface area contributed by atoms with E-state index in [2.05, 4.69) is 13.8 Å². The van der Waals surface area contributed by atoms with Crippen molar-refractivity contribution in [3.8, 4) is 5.69 Å². The zero-order chi connectivity index (χ0) is 22.8. The highest BCUT2D eigenvalue weighted by molar-refractivity contribution is 7.99. The molecule has 0 radical (unpaired) electrons. The van der Waals surface area contributed by atoms with Crippen molar-refractivity contribution >= 4 is 50.9 Å². The summed E-state index contributed by atoms with van der Waals surface area (Å²) in [5, 5.41) is 1.79. The molecule has 1 atom stereocenters. The molecule has 1 aromatic carbocycles. The summed E-state index contributed by atoms with van der Waals surface area (Å²) in [5.41, 5.74) is 2.64. The van der Waals surface area contributed by atoms with Crippen LogP contribution in [-0.2, 0) is 22.4 Å². The molecule has 0 spiro atoms. The first-order chi connectivity index (χ1) is 15.4. The van der Waals surface area contributed by atoms with Gasteiger partial charge in [0, 0.05) is 9.90 Å². The third-order valence-electron chi connectivity index (χ3n) is 5.79. The molecule has 8 heteroatoms. The van der Waals surface area contributed by atoms with E-state index in [1.54, 1.807) is 22.0 Å². The van der Waals surface area contributed by atoms with Gasteiger partial charge in [0.25, 0.3) is 5.56 Å². The normalized spacial score (nSPS) is 15.7. The summed E-state index contributed by atoms with van der Waals surface area (Å²) in [6.07, 6.45) is 4.77. The van der Waals surface area contributed by atoms with Crippen LogP contribution >= 0.6 is 34.7 Å². The highest BCUT2D eigenvalue weighted by atomic mass is 35.5. The molecule has 2 aromatic heterocycles. The molecular formula is C24H27ClN2O3S2. The second-order valence-corrected chi connectivity index (χ2v) is 10.8. The number of aryl methyl sites for hydroxylation is 2. The van der Waals surface area contributed by atoms with E-state index in [1.807, 2.05) is 19.1 Å². The second-order valence-electron chi connectivity index (χ2n) is 8.36. The Labute approximate surface area is 201 Å². The Bertz CT molecular complexity index is 1220. The molecule has 0 saturated carbocycles. The zero-order valence-electron chi connectivity index (χ0n) is 18.6. The van der Waals surface area contributed by atoms with Gasteiger partial charge in [0.15, 0.2) is 5.16 Å². The fraction of sp³-hybridized carbons (Fsp3) is 0.458. The van der Waals surface area contributed by atoms with E-state index in [0.29, 0.717) is 33.8 Å². The summed E-state index contributed by atoms with van der Waals surface area (Å²) in [6.45, 7) is 6.64. The maximum Gasteiger partial charge on any atom is 0.316 e. The molecule has 0 saturated heterocycles. The Morgan fingerprint density at radius 3 is 2.97 bits per heavy atom. The van der Waals surface area contributed by atoms with Gasteiger partial charge in [-0.3, -0.25) is 14.2 Å². The molecule has 1 aliphatic rings. The highest BCUT2D eigenvalue weighted by Crippen LogP contribution is 2.37.